The van der Waals surface area contributed by atoms with Gasteiger partial charge in [-0.1, -0.05) is 6.07 Å². The predicted molar refractivity (Wildman–Crippen MR) is 73.6 cm³/mol. The summed E-state index contributed by atoms with van der Waals surface area (Å²) in [5.74, 6) is 1.74. The molecule has 0 bridgehead atoms. The van der Waals surface area contributed by atoms with E-state index in [4.69, 9.17) is 14.1 Å². The van der Waals surface area contributed by atoms with Crippen LogP contribution in [0, 0.1) is 6.92 Å². The van der Waals surface area contributed by atoms with Gasteiger partial charge in [-0.05, 0) is 31.9 Å². The van der Waals surface area contributed by atoms with Gasteiger partial charge >= 0.3 is 0 Å². The van der Waals surface area contributed by atoms with Crippen LogP contribution in [-0.4, -0.2) is 28.4 Å². The summed E-state index contributed by atoms with van der Waals surface area (Å²) >= 11 is 0. The minimum Gasteiger partial charge on any atom is -0.425 e. The molecule has 106 valence electrons. The van der Waals surface area contributed by atoms with E-state index in [1.807, 2.05) is 13.0 Å². The third kappa shape index (κ3) is 2.72. The van der Waals surface area contributed by atoms with Gasteiger partial charge in [-0.3, -0.25) is 4.98 Å². The molecule has 1 aliphatic heterocycles. The van der Waals surface area contributed by atoms with Crippen LogP contribution in [0.4, 0.5) is 0 Å². The Labute approximate surface area is 118 Å². The van der Waals surface area contributed by atoms with Crippen molar-refractivity contribution in [3.8, 4) is 0 Å². The van der Waals surface area contributed by atoms with Gasteiger partial charge < -0.3 is 9.15 Å². The Balaban J connectivity index is 1.83. The van der Waals surface area contributed by atoms with Gasteiger partial charge in [0, 0.05) is 31.7 Å². The van der Waals surface area contributed by atoms with Gasteiger partial charge in [-0.25, -0.2) is 0 Å². The standard InChI is InChI=1S/C15H19N3O2/c1-10(15-18-17-11(2)20-15)13-4-3-5-14(16-13)12-6-8-19-9-7-12/h3-5,10,12H,6-9H2,1-2H3. The van der Waals surface area contributed by atoms with E-state index in [0.29, 0.717) is 17.7 Å². The molecule has 2 aromatic rings. The molecule has 0 spiro atoms. The first-order chi connectivity index (χ1) is 9.74. The van der Waals surface area contributed by atoms with Crippen LogP contribution in [0.1, 0.15) is 54.8 Å². The van der Waals surface area contributed by atoms with Crippen molar-refractivity contribution in [2.24, 2.45) is 0 Å². The minimum absolute atomic E-state index is 0.0241. The molecular weight excluding hydrogens is 254 g/mol. The zero-order valence-electron chi connectivity index (χ0n) is 11.9. The lowest BCUT2D eigenvalue weighted by molar-refractivity contribution is 0.0844. The van der Waals surface area contributed by atoms with E-state index >= 15 is 0 Å². The van der Waals surface area contributed by atoms with Crippen molar-refractivity contribution in [1.29, 1.82) is 0 Å². The normalized spacial score (nSPS) is 18.1. The Hall–Kier alpha value is -1.75. The van der Waals surface area contributed by atoms with Crippen LogP contribution in [0.3, 0.4) is 0 Å². The molecule has 1 unspecified atom stereocenters. The first kappa shape index (κ1) is 13.2. The van der Waals surface area contributed by atoms with Crippen molar-refractivity contribution in [2.75, 3.05) is 13.2 Å². The quantitative estimate of drug-likeness (QED) is 0.860. The molecule has 0 N–H and O–H groups in total. The number of hydrogen-bond acceptors (Lipinski definition) is 5. The lowest BCUT2D eigenvalue weighted by atomic mass is 9.95. The molecule has 0 amide bonds. The molecule has 0 radical (unpaired) electrons. The van der Waals surface area contributed by atoms with Crippen LogP contribution in [0.25, 0.3) is 0 Å². The average Bonchev–Trinajstić information content (AvgIpc) is 2.94. The van der Waals surface area contributed by atoms with Crippen molar-refractivity contribution in [2.45, 2.75) is 38.5 Å². The van der Waals surface area contributed by atoms with Gasteiger partial charge in [0.2, 0.25) is 11.8 Å². The maximum atomic E-state index is 5.50. The maximum Gasteiger partial charge on any atom is 0.225 e. The molecule has 0 aliphatic carbocycles. The summed E-state index contributed by atoms with van der Waals surface area (Å²) in [6.07, 6.45) is 2.09. The van der Waals surface area contributed by atoms with E-state index in [1.165, 1.54) is 0 Å². The molecule has 2 aromatic heterocycles. The molecule has 1 atom stereocenters. The molecule has 20 heavy (non-hydrogen) atoms. The van der Waals surface area contributed by atoms with E-state index in [0.717, 1.165) is 37.4 Å². The zero-order chi connectivity index (χ0) is 13.9. The molecule has 3 rings (SSSR count). The fourth-order valence-electron chi connectivity index (χ4n) is 2.54. The van der Waals surface area contributed by atoms with Crippen LogP contribution in [0.2, 0.25) is 0 Å². The highest BCUT2D eigenvalue weighted by molar-refractivity contribution is 5.21. The third-order valence-corrected chi connectivity index (χ3v) is 3.79. The Bertz CT molecular complexity index is 576. The fraction of sp³-hybridized carbons (Fsp3) is 0.533. The van der Waals surface area contributed by atoms with E-state index < -0.39 is 0 Å². The molecule has 5 nitrogen and oxygen atoms in total. The SMILES string of the molecule is Cc1nnc(C(C)c2cccc(C3CCOCC3)n2)o1. The summed E-state index contributed by atoms with van der Waals surface area (Å²) in [7, 11) is 0. The van der Waals surface area contributed by atoms with Gasteiger partial charge in [0.1, 0.15) is 0 Å². The second-order valence-corrected chi connectivity index (χ2v) is 5.25. The average molecular weight is 273 g/mol. The van der Waals surface area contributed by atoms with Crippen LogP contribution >= 0.6 is 0 Å². The Morgan fingerprint density at radius 1 is 1.20 bits per heavy atom. The van der Waals surface area contributed by atoms with Crippen molar-refractivity contribution < 1.29 is 9.15 Å². The second kappa shape index (κ2) is 5.71. The monoisotopic (exact) mass is 273 g/mol. The Morgan fingerprint density at radius 2 is 2.00 bits per heavy atom. The van der Waals surface area contributed by atoms with Gasteiger partial charge in [-0.15, -0.1) is 10.2 Å². The summed E-state index contributed by atoms with van der Waals surface area (Å²) in [5.41, 5.74) is 2.13. The number of aromatic nitrogens is 3. The van der Waals surface area contributed by atoms with Crippen LogP contribution < -0.4 is 0 Å². The first-order valence-electron chi connectivity index (χ1n) is 7.08. The number of rotatable bonds is 3. The van der Waals surface area contributed by atoms with Crippen LogP contribution in [-0.2, 0) is 4.74 Å². The summed E-state index contributed by atoms with van der Waals surface area (Å²) in [4.78, 5) is 4.80. The lowest BCUT2D eigenvalue weighted by Crippen LogP contribution is -2.15. The molecule has 0 saturated carbocycles. The van der Waals surface area contributed by atoms with Gasteiger partial charge in [0.05, 0.1) is 11.6 Å². The number of ether oxygens (including phenoxy) is 1. The highest BCUT2D eigenvalue weighted by atomic mass is 16.5. The third-order valence-electron chi connectivity index (χ3n) is 3.79. The van der Waals surface area contributed by atoms with E-state index in [2.05, 4.69) is 22.3 Å². The Morgan fingerprint density at radius 3 is 2.70 bits per heavy atom. The summed E-state index contributed by atoms with van der Waals surface area (Å²) in [5, 5.41) is 7.97. The summed E-state index contributed by atoms with van der Waals surface area (Å²) in [6, 6.07) is 6.19. The number of hydrogen-bond donors (Lipinski definition) is 0. The molecule has 1 saturated heterocycles. The lowest BCUT2D eigenvalue weighted by Gasteiger charge is -2.22. The second-order valence-electron chi connectivity index (χ2n) is 5.25. The van der Waals surface area contributed by atoms with E-state index in [-0.39, 0.29) is 5.92 Å². The highest BCUT2D eigenvalue weighted by Gasteiger charge is 2.20. The van der Waals surface area contributed by atoms with Crippen molar-refractivity contribution in [1.82, 2.24) is 15.2 Å². The number of nitrogens with zero attached hydrogens (tertiary/aromatic N) is 3. The minimum atomic E-state index is 0.0241. The van der Waals surface area contributed by atoms with Crippen molar-refractivity contribution >= 4 is 0 Å². The zero-order valence-corrected chi connectivity index (χ0v) is 11.9. The molecule has 0 aromatic carbocycles. The molecule has 1 fully saturated rings. The summed E-state index contributed by atoms with van der Waals surface area (Å²) in [6.45, 7) is 5.50. The number of aryl methyl sites for hydroxylation is 1. The van der Waals surface area contributed by atoms with E-state index in [9.17, 15) is 0 Å². The number of pyridine rings is 1. The van der Waals surface area contributed by atoms with Gasteiger partial charge in [0.15, 0.2) is 0 Å². The van der Waals surface area contributed by atoms with Gasteiger partial charge in [-0.2, -0.15) is 0 Å². The van der Waals surface area contributed by atoms with Crippen molar-refractivity contribution in [3.63, 3.8) is 0 Å². The largest absolute Gasteiger partial charge is 0.425 e. The summed E-state index contributed by atoms with van der Waals surface area (Å²) < 4.78 is 10.9. The van der Waals surface area contributed by atoms with E-state index in [1.54, 1.807) is 6.92 Å². The molecule has 3 heterocycles. The fourth-order valence-corrected chi connectivity index (χ4v) is 2.54. The maximum absolute atomic E-state index is 5.50. The predicted octanol–water partition coefficient (Wildman–Crippen LogP) is 2.82. The topological polar surface area (TPSA) is 61.0 Å². The van der Waals surface area contributed by atoms with Crippen LogP contribution in [0.5, 0.6) is 0 Å². The van der Waals surface area contributed by atoms with Gasteiger partial charge in [0.25, 0.3) is 0 Å². The first-order valence-corrected chi connectivity index (χ1v) is 7.08. The molecule has 5 heteroatoms. The highest BCUT2D eigenvalue weighted by Crippen LogP contribution is 2.28. The smallest absolute Gasteiger partial charge is 0.225 e. The van der Waals surface area contributed by atoms with Crippen LogP contribution in [0.15, 0.2) is 22.6 Å². The van der Waals surface area contributed by atoms with Crippen molar-refractivity contribution in [3.05, 3.63) is 41.4 Å². The molecular formula is C15H19N3O2. The molecule has 1 aliphatic rings. The Kier molecular flexibility index (Phi) is 3.78.